The molecule has 1 N–H and O–H groups in total. The van der Waals surface area contributed by atoms with Gasteiger partial charge in [0, 0.05) is 0 Å². The Labute approximate surface area is 107 Å². The molecule has 0 atom stereocenters. The van der Waals surface area contributed by atoms with Crippen LogP contribution in [-0.2, 0) is 15.9 Å². The third kappa shape index (κ3) is 5.05. The molecule has 4 nitrogen and oxygen atoms in total. The molecule has 0 fully saturated rings. The zero-order valence-corrected chi connectivity index (χ0v) is 10.1. The maximum atomic E-state index is 13.3. The minimum atomic E-state index is -4.66. The second kappa shape index (κ2) is 6.22. The highest BCUT2D eigenvalue weighted by Crippen LogP contribution is 2.31. The molecule has 0 aromatic heterocycles. The van der Waals surface area contributed by atoms with Crippen LogP contribution in [0.3, 0.4) is 0 Å². The summed E-state index contributed by atoms with van der Waals surface area (Å²) >= 11 is 0. The van der Waals surface area contributed by atoms with Crippen molar-refractivity contribution < 1.29 is 36.9 Å². The van der Waals surface area contributed by atoms with Gasteiger partial charge < -0.3 is 9.68 Å². The SMILES string of the molecule is CC(C)OOB(O)Oc1ccc(C(F)(F)F)cc1F. The molecule has 0 amide bonds. The minimum absolute atomic E-state index is 0.255. The van der Waals surface area contributed by atoms with Crippen molar-refractivity contribution in [2.45, 2.75) is 26.1 Å². The van der Waals surface area contributed by atoms with E-state index in [2.05, 4.69) is 14.3 Å². The fraction of sp³-hybridized carbons (Fsp3) is 0.400. The Kier molecular flexibility index (Phi) is 5.15. The molecule has 0 unspecified atom stereocenters. The Morgan fingerprint density at radius 1 is 1.26 bits per heavy atom. The van der Waals surface area contributed by atoms with Gasteiger partial charge in [-0.05, 0) is 32.0 Å². The highest BCUT2D eigenvalue weighted by atomic mass is 19.4. The topological polar surface area (TPSA) is 47.9 Å². The van der Waals surface area contributed by atoms with Crippen LogP contribution in [-0.4, -0.2) is 18.4 Å². The number of hydrogen-bond acceptors (Lipinski definition) is 4. The molecule has 0 aliphatic heterocycles. The monoisotopic (exact) mass is 282 g/mol. The lowest BCUT2D eigenvalue weighted by atomic mass is 10.2. The molecular weight excluding hydrogens is 271 g/mol. The van der Waals surface area contributed by atoms with Crippen molar-refractivity contribution in [2.75, 3.05) is 0 Å². The van der Waals surface area contributed by atoms with Crippen molar-refractivity contribution in [1.82, 2.24) is 0 Å². The predicted octanol–water partition coefficient (Wildman–Crippen LogP) is 2.56. The first-order valence-electron chi connectivity index (χ1n) is 5.23. The maximum Gasteiger partial charge on any atom is 0.739 e. The van der Waals surface area contributed by atoms with E-state index < -0.39 is 30.6 Å². The van der Waals surface area contributed by atoms with Gasteiger partial charge in [0.2, 0.25) is 0 Å². The highest BCUT2D eigenvalue weighted by Gasteiger charge is 2.32. The fourth-order valence-corrected chi connectivity index (χ4v) is 1.06. The standard InChI is InChI=1S/C10H11BF4O4/c1-6(2)18-19-11(16)17-9-4-3-7(5-8(9)12)10(13,14)15/h3-6,16H,1-2H3. The molecule has 19 heavy (non-hydrogen) atoms. The van der Waals surface area contributed by atoms with Gasteiger partial charge in [0.1, 0.15) is 5.75 Å². The van der Waals surface area contributed by atoms with Crippen LogP contribution in [0.15, 0.2) is 18.2 Å². The molecule has 0 aliphatic rings. The molecule has 0 heterocycles. The lowest BCUT2D eigenvalue weighted by Gasteiger charge is -2.13. The van der Waals surface area contributed by atoms with Crippen LogP contribution in [0.5, 0.6) is 5.75 Å². The van der Waals surface area contributed by atoms with Gasteiger partial charge in [-0.1, -0.05) is 0 Å². The van der Waals surface area contributed by atoms with Crippen molar-refractivity contribution in [2.24, 2.45) is 0 Å². The summed E-state index contributed by atoms with van der Waals surface area (Å²) in [7, 11) is -1.95. The zero-order chi connectivity index (χ0) is 14.6. The molecule has 1 rings (SSSR count). The second-order valence-corrected chi connectivity index (χ2v) is 3.81. The van der Waals surface area contributed by atoms with Crippen molar-refractivity contribution >= 4 is 7.32 Å². The largest absolute Gasteiger partial charge is 0.739 e. The van der Waals surface area contributed by atoms with Crippen LogP contribution in [0.1, 0.15) is 19.4 Å². The van der Waals surface area contributed by atoms with Gasteiger partial charge in [0.15, 0.2) is 5.82 Å². The molecule has 1 aromatic rings. The fourth-order valence-electron chi connectivity index (χ4n) is 1.06. The Morgan fingerprint density at radius 2 is 1.89 bits per heavy atom. The van der Waals surface area contributed by atoms with E-state index in [9.17, 15) is 17.6 Å². The van der Waals surface area contributed by atoms with Gasteiger partial charge in [-0.2, -0.15) is 13.2 Å². The van der Waals surface area contributed by atoms with Gasteiger partial charge in [0.25, 0.3) is 0 Å². The van der Waals surface area contributed by atoms with Crippen LogP contribution >= 0.6 is 0 Å². The molecule has 0 bridgehead atoms. The molecule has 0 spiro atoms. The molecule has 0 saturated heterocycles. The molecular formula is C10H11BF4O4. The minimum Gasteiger partial charge on any atom is -0.508 e. The van der Waals surface area contributed by atoms with Gasteiger partial charge in [0.05, 0.1) is 11.7 Å². The smallest absolute Gasteiger partial charge is 0.508 e. The molecule has 0 saturated carbocycles. The Balaban J connectivity index is 2.70. The molecule has 106 valence electrons. The van der Waals surface area contributed by atoms with E-state index in [0.29, 0.717) is 6.07 Å². The summed E-state index contributed by atoms with van der Waals surface area (Å²) in [4.78, 5) is 8.82. The van der Waals surface area contributed by atoms with E-state index in [1.54, 1.807) is 13.8 Å². The lowest BCUT2D eigenvalue weighted by Crippen LogP contribution is -2.28. The summed E-state index contributed by atoms with van der Waals surface area (Å²) in [6.07, 6.45) is -5.04. The van der Waals surface area contributed by atoms with Crippen molar-refractivity contribution in [3.05, 3.63) is 29.6 Å². The first-order chi connectivity index (χ1) is 8.70. The first kappa shape index (κ1) is 15.7. The summed E-state index contributed by atoms with van der Waals surface area (Å²) < 4.78 is 54.6. The number of rotatable bonds is 5. The van der Waals surface area contributed by atoms with Crippen LogP contribution < -0.4 is 4.65 Å². The van der Waals surface area contributed by atoms with Crippen molar-refractivity contribution in [1.29, 1.82) is 0 Å². The zero-order valence-electron chi connectivity index (χ0n) is 10.1. The Hall–Kier alpha value is -1.32. The predicted molar refractivity (Wildman–Crippen MR) is 57.3 cm³/mol. The highest BCUT2D eigenvalue weighted by molar-refractivity contribution is 6.35. The summed E-state index contributed by atoms with van der Waals surface area (Å²) in [5, 5.41) is 9.15. The first-order valence-corrected chi connectivity index (χ1v) is 5.23. The van der Waals surface area contributed by atoms with Crippen LogP contribution in [0.25, 0.3) is 0 Å². The number of hydrogen-bond donors (Lipinski definition) is 1. The Morgan fingerprint density at radius 3 is 2.37 bits per heavy atom. The van der Waals surface area contributed by atoms with E-state index in [0.717, 1.165) is 6.07 Å². The normalized spacial score (nSPS) is 11.8. The average Bonchev–Trinajstić information content (AvgIpc) is 2.27. The van der Waals surface area contributed by atoms with Crippen LogP contribution in [0, 0.1) is 5.82 Å². The van der Waals surface area contributed by atoms with Crippen molar-refractivity contribution in [3.8, 4) is 5.75 Å². The van der Waals surface area contributed by atoms with E-state index in [-0.39, 0.29) is 12.2 Å². The maximum absolute atomic E-state index is 13.3. The van der Waals surface area contributed by atoms with Crippen molar-refractivity contribution in [3.63, 3.8) is 0 Å². The Bertz CT molecular complexity index is 424. The lowest BCUT2D eigenvalue weighted by molar-refractivity contribution is -0.258. The third-order valence-corrected chi connectivity index (χ3v) is 1.82. The molecule has 1 aromatic carbocycles. The molecule has 9 heteroatoms. The van der Waals surface area contributed by atoms with Gasteiger partial charge in [-0.15, -0.1) is 0 Å². The van der Waals surface area contributed by atoms with Crippen LogP contribution in [0.2, 0.25) is 0 Å². The summed E-state index contributed by atoms with van der Waals surface area (Å²) in [5.74, 6) is -1.87. The van der Waals surface area contributed by atoms with E-state index in [1.165, 1.54) is 0 Å². The summed E-state index contributed by atoms with van der Waals surface area (Å²) in [5.41, 5.74) is -1.16. The van der Waals surface area contributed by atoms with Crippen LogP contribution in [0.4, 0.5) is 17.6 Å². The second-order valence-electron chi connectivity index (χ2n) is 3.81. The quantitative estimate of drug-likeness (QED) is 0.390. The van der Waals surface area contributed by atoms with Gasteiger partial charge >= 0.3 is 13.5 Å². The summed E-state index contributed by atoms with van der Waals surface area (Å²) in [6.45, 7) is 3.21. The average molecular weight is 282 g/mol. The number of benzene rings is 1. The third-order valence-electron chi connectivity index (χ3n) is 1.82. The van der Waals surface area contributed by atoms with E-state index in [4.69, 9.17) is 5.02 Å². The van der Waals surface area contributed by atoms with Gasteiger partial charge in [-0.25, -0.2) is 14.1 Å². The van der Waals surface area contributed by atoms with E-state index in [1.807, 2.05) is 0 Å². The molecule has 0 radical (unpaired) electrons. The van der Waals surface area contributed by atoms with Gasteiger partial charge in [-0.3, -0.25) is 0 Å². The van der Waals surface area contributed by atoms with E-state index >= 15 is 0 Å². The molecule has 0 aliphatic carbocycles. The number of halogens is 4. The summed E-state index contributed by atoms with van der Waals surface area (Å²) in [6, 6.07) is 1.61. The number of alkyl halides is 3.